The Hall–Kier alpha value is 0.799. The summed E-state index contributed by atoms with van der Waals surface area (Å²) in [5.41, 5.74) is 0. The van der Waals surface area contributed by atoms with Gasteiger partial charge in [-0.3, -0.25) is 0 Å². The van der Waals surface area contributed by atoms with Crippen LogP contribution < -0.4 is 0 Å². The molecule has 0 rings (SSSR count). The molecule has 0 radical (unpaired) electrons. The van der Waals surface area contributed by atoms with E-state index in [1.54, 1.807) is 51.8 Å². The molecule has 0 atom stereocenters. The molecule has 0 aromatic heterocycles. The average molecular weight is 880 g/mol. The molecule has 0 aliphatic heterocycles. The molecule has 0 heterocycles. The van der Waals surface area contributed by atoms with E-state index < -0.39 is 19.8 Å². The Kier molecular flexibility index (Phi) is 53.6. The van der Waals surface area contributed by atoms with E-state index in [4.69, 9.17) is 0 Å². The molecule has 0 unspecified atom stereocenters. The van der Waals surface area contributed by atoms with Crippen molar-refractivity contribution >= 4 is 19.8 Å². The summed E-state index contributed by atoms with van der Waals surface area (Å²) in [5, 5.41) is 0. The Bertz CT molecular complexity index is 543. The summed E-state index contributed by atoms with van der Waals surface area (Å²) in [4.78, 5) is 0. The van der Waals surface area contributed by atoms with Crippen LogP contribution in [0.25, 0.3) is 0 Å². The maximum absolute atomic E-state index is 2.32. The summed E-state index contributed by atoms with van der Waals surface area (Å²) in [6.07, 6.45) is 72.1. The predicted molar refractivity (Wildman–Crippen MR) is 260 cm³/mol. The quantitative estimate of drug-likeness (QED) is 0.0422. The summed E-state index contributed by atoms with van der Waals surface area (Å²) in [7, 11) is 0. The minimum Gasteiger partial charge on any atom is -0.0654 e. The molecule has 0 amide bonds. The number of rotatable bonds is 51. The zero-order valence-corrected chi connectivity index (χ0v) is 42.9. The van der Waals surface area contributed by atoms with Crippen molar-refractivity contribution in [3.8, 4) is 0 Å². The Balaban J connectivity index is 3.94. The van der Waals surface area contributed by atoms with Gasteiger partial charge in [-0.25, -0.2) is 0 Å². The molecule has 0 fully saturated rings. The van der Waals surface area contributed by atoms with Gasteiger partial charge in [0.15, 0.2) is 0 Å². The Morgan fingerprint density at radius 2 is 0.255 bits per heavy atom. The van der Waals surface area contributed by atoms with Gasteiger partial charge >= 0.3 is 245 Å². The van der Waals surface area contributed by atoms with Gasteiger partial charge in [-0.15, -0.1) is 0 Å². The van der Waals surface area contributed by atoms with Gasteiger partial charge in [-0.05, 0) is 0 Å². The van der Waals surface area contributed by atoms with E-state index in [-0.39, 0.29) is 0 Å². The fraction of sp³-hybridized carbons (Fsp3) is 1.00. The van der Waals surface area contributed by atoms with E-state index in [1.165, 1.54) is 270 Å². The van der Waals surface area contributed by atoms with E-state index in [2.05, 4.69) is 20.8 Å². The first kappa shape index (κ1) is 55.8. The molecule has 0 saturated heterocycles. The Labute approximate surface area is 360 Å². The minimum absolute atomic E-state index is 1.30. The van der Waals surface area contributed by atoms with Gasteiger partial charge in [0.25, 0.3) is 0 Å². The van der Waals surface area contributed by atoms with E-state index in [0.29, 0.717) is 0 Å². The van der Waals surface area contributed by atoms with E-state index in [1.807, 2.05) is 0 Å². The van der Waals surface area contributed by atoms with E-state index >= 15 is 0 Å². The van der Waals surface area contributed by atoms with Crippen LogP contribution in [0.3, 0.4) is 0 Å². The summed E-state index contributed by atoms with van der Waals surface area (Å²) in [6.45, 7) is 6.97. The average Bonchev–Trinajstić information content (AvgIpc) is 3.20. The second-order valence-corrected chi connectivity index (χ2v) is 29.0. The molecule has 0 aliphatic rings. The molecular formula is C54H112Sn. The van der Waals surface area contributed by atoms with Crippen molar-refractivity contribution in [1.82, 2.24) is 0 Å². The van der Waals surface area contributed by atoms with Gasteiger partial charge in [0.1, 0.15) is 0 Å². The summed E-state index contributed by atoms with van der Waals surface area (Å²) < 4.78 is 5.24. The third kappa shape index (κ3) is 50.9. The normalized spacial score (nSPS) is 11.8. The van der Waals surface area contributed by atoms with Crippen LogP contribution in [0.4, 0.5) is 0 Å². The first-order valence-electron chi connectivity index (χ1n) is 27.3. The smallest absolute Gasteiger partial charge is 0.0654 e. The standard InChI is InChI=1S/3C18H37.Sn.H/c3*1-3-5-7-9-11-13-15-17-18-16-14-12-10-8-6-4-2;;/h3*1,3-18H2,2H3;;. The van der Waals surface area contributed by atoms with Crippen LogP contribution >= 0.6 is 0 Å². The number of hydrogen-bond donors (Lipinski definition) is 0. The molecule has 0 aromatic rings. The molecule has 0 aromatic carbocycles. The third-order valence-electron chi connectivity index (χ3n) is 13.4. The fourth-order valence-electron chi connectivity index (χ4n) is 9.38. The van der Waals surface area contributed by atoms with Crippen LogP contribution in [0, 0.1) is 0 Å². The molecular weight excluding hydrogens is 767 g/mol. The molecule has 0 aliphatic carbocycles. The first-order valence-corrected chi connectivity index (χ1v) is 34.3. The summed E-state index contributed by atoms with van der Waals surface area (Å²) in [5.74, 6) is 0. The number of unbranched alkanes of at least 4 members (excludes halogenated alkanes) is 45. The molecule has 0 bridgehead atoms. The summed E-state index contributed by atoms with van der Waals surface area (Å²) >= 11 is -1.30. The van der Waals surface area contributed by atoms with Gasteiger partial charge in [-0.1, -0.05) is 117 Å². The molecule has 0 nitrogen and oxygen atoms in total. The zero-order chi connectivity index (χ0) is 39.6. The molecule has 0 spiro atoms. The fourth-order valence-corrected chi connectivity index (χ4v) is 19.3. The second-order valence-electron chi connectivity index (χ2n) is 19.1. The van der Waals surface area contributed by atoms with E-state index in [0.717, 1.165) is 0 Å². The Morgan fingerprint density at radius 1 is 0.145 bits per heavy atom. The van der Waals surface area contributed by atoms with Crippen LogP contribution in [-0.4, -0.2) is 19.8 Å². The van der Waals surface area contributed by atoms with E-state index in [9.17, 15) is 0 Å². The maximum atomic E-state index is 2.32. The Morgan fingerprint density at radius 3 is 0.382 bits per heavy atom. The molecule has 0 N–H and O–H groups in total. The van der Waals surface area contributed by atoms with Crippen LogP contribution in [-0.2, 0) is 0 Å². The van der Waals surface area contributed by atoms with Crippen LogP contribution in [0.15, 0.2) is 0 Å². The van der Waals surface area contributed by atoms with Crippen molar-refractivity contribution in [3.63, 3.8) is 0 Å². The molecule has 332 valence electrons. The van der Waals surface area contributed by atoms with Crippen molar-refractivity contribution in [2.45, 2.75) is 342 Å². The number of hydrogen-bond acceptors (Lipinski definition) is 0. The van der Waals surface area contributed by atoms with Crippen LogP contribution in [0.2, 0.25) is 13.3 Å². The zero-order valence-electron chi connectivity index (χ0n) is 39.6. The minimum atomic E-state index is -1.30. The van der Waals surface area contributed by atoms with Crippen molar-refractivity contribution in [2.75, 3.05) is 0 Å². The van der Waals surface area contributed by atoms with Gasteiger partial charge in [-0.2, -0.15) is 0 Å². The van der Waals surface area contributed by atoms with Gasteiger partial charge < -0.3 is 0 Å². The van der Waals surface area contributed by atoms with Crippen molar-refractivity contribution in [1.29, 1.82) is 0 Å². The van der Waals surface area contributed by atoms with Crippen LogP contribution in [0.1, 0.15) is 329 Å². The SMILES string of the molecule is CCCCCCCCCCCCCCCCC[CH2][SnH]([CH2]CCCCCCCCCCCCCCCCC)[CH2]CCCCCCCCCCCCCCCCC. The first-order chi connectivity index (χ1) is 27.3. The molecule has 1 heteroatoms. The van der Waals surface area contributed by atoms with Gasteiger partial charge in [0.05, 0.1) is 0 Å². The predicted octanol–water partition coefficient (Wildman–Crippen LogP) is 21.0. The topological polar surface area (TPSA) is 0 Å². The van der Waals surface area contributed by atoms with Gasteiger partial charge in [0.2, 0.25) is 0 Å². The van der Waals surface area contributed by atoms with Crippen molar-refractivity contribution in [2.24, 2.45) is 0 Å². The third-order valence-corrected chi connectivity index (χ3v) is 23.9. The summed E-state index contributed by atoms with van der Waals surface area (Å²) in [6, 6.07) is 0. The van der Waals surface area contributed by atoms with Crippen molar-refractivity contribution < 1.29 is 0 Å². The second kappa shape index (κ2) is 52.8. The monoisotopic (exact) mass is 881 g/mol. The molecule has 0 saturated carbocycles. The van der Waals surface area contributed by atoms with Crippen molar-refractivity contribution in [3.05, 3.63) is 0 Å². The van der Waals surface area contributed by atoms with Gasteiger partial charge in [0, 0.05) is 0 Å². The molecule has 55 heavy (non-hydrogen) atoms. The van der Waals surface area contributed by atoms with Crippen LogP contribution in [0.5, 0.6) is 0 Å².